The van der Waals surface area contributed by atoms with E-state index in [4.69, 9.17) is 9.94 Å². The van der Waals surface area contributed by atoms with Crippen LogP contribution in [0.3, 0.4) is 0 Å². The summed E-state index contributed by atoms with van der Waals surface area (Å²) in [4.78, 5) is 4.29. The Bertz CT molecular complexity index is 486. The van der Waals surface area contributed by atoms with Gasteiger partial charge in [0.2, 0.25) is 5.88 Å². The minimum Gasteiger partial charge on any atom is -0.595 e. The summed E-state index contributed by atoms with van der Waals surface area (Å²) in [6.07, 6.45) is 4.63. The number of hydrogen-bond acceptors (Lipinski definition) is 4. The number of halogens is 1. The quantitative estimate of drug-likeness (QED) is 0.811. The molecule has 1 saturated carbocycles. The molecule has 0 amide bonds. The fourth-order valence-corrected chi connectivity index (χ4v) is 3.30. The van der Waals surface area contributed by atoms with E-state index in [9.17, 15) is 5.21 Å². The second-order valence-corrected chi connectivity index (χ2v) is 6.97. The van der Waals surface area contributed by atoms with Gasteiger partial charge in [-0.25, -0.2) is 10.2 Å². The number of nitrogens with one attached hydrogen (secondary N) is 1. The molecule has 1 aliphatic carbocycles. The van der Waals surface area contributed by atoms with Gasteiger partial charge in [0, 0.05) is 6.07 Å². The monoisotopic (exact) mass is 358 g/mol. The molecule has 6 heteroatoms. The SMILES string of the molecule is Cc1nc(O[C@H]2CC[C@H](C(C)C)CC2)c(Br)cc1[NH+]([O-])O. The van der Waals surface area contributed by atoms with Crippen LogP contribution < -0.4 is 9.96 Å². The Morgan fingerprint density at radius 3 is 2.52 bits per heavy atom. The van der Waals surface area contributed by atoms with Gasteiger partial charge in [-0.15, -0.1) is 0 Å². The van der Waals surface area contributed by atoms with E-state index in [0.717, 1.165) is 24.7 Å². The zero-order chi connectivity index (χ0) is 15.6. The van der Waals surface area contributed by atoms with Crippen molar-refractivity contribution in [3.8, 4) is 5.88 Å². The molecule has 2 rings (SSSR count). The van der Waals surface area contributed by atoms with E-state index in [-0.39, 0.29) is 11.8 Å². The first-order chi connectivity index (χ1) is 9.88. The molecule has 0 spiro atoms. The van der Waals surface area contributed by atoms with E-state index >= 15 is 0 Å². The summed E-state index contributed by atoms with van der Waals surface area (Å²) in [5.41, 5.74) is 0.689. The number of hydrogen-bond donors (Lipinski definition) is 2. The van der Waals surface area contributed by atoms with Crippen LogP contribution in [0, 0.1) is 24.0 Å². The minimum atomic E-state index is -0.968. The highest BCUT2D eigenvalue weighted by Gasteiger charge is 2.25. The minimum absolute atomic E-state index is 0.180. The molecule has 1 unspecified atom stereocenters. The van der Waals surface area contributed by atoms with E-state index in [1.165, 1.54) is 12.8 Å². The molecule has 118 valence electrons. The lowest BCUT2D eigenvalue weighted by Gasteiger charge is -2.31. The first kappa shape index (κ1) is 16.7. The molecule has 0 bridgehead atoms. The van der Waals surface area contributed by atoms with Gasteiger partial charge in [-0.3, -0.25) is 0 Å². The van der Waals surface area contributed by atoms with Crippen LogP contribution in [0.25, 0.3) is 0 Å². The van der Waals surface area contributed by atoms with Crippen LogP contribution in [0.15, 0.2) is 10.5 Å². The van der Waals surface area contributed by atoms with Crippen molar-refractivity contribution < 1.29 is 15.2 Å². The van der Waals surface area contributed by atoms with Crippen LogP contribution in [0.2, 0.25) is 0 Å². The molecule has 1 aromatic rings. The molecule has 21 heavy (non-hydrogen) atoms. The fraction of sp³-hybridized carbons (Fsp3) is 0.667. The Morgan fingerprint density at radius 2 is 2.00 bits per heavy atom. The van der Waals surface area contributed by atoms with Gasteiger partial charge in [0.25, 0.3) is 0 Å². The van der Waals surface area contributed by atoms with Crippen LogP contribution in [-0.4, -0.2) is 16.3 Å². The molecule has 0 saturated heterocycles. The standard InChI is InChI=1S/C15H23BrN2O3/c1-9(2)11-4-6-12(7-5-11)21-15-13(16)8-14(18(19)20)10(3)17-15/h8-9,11-12,18-19H,4-7H2,1-3H3/t11-,12-. The largest absolute Gasteiger partial charge is 0.595 e. The number of ether oxygens (including phenoxy) is 1. The predicted molar refractivity (Wildman–Crippen MR) is 83.7 cm³/mol. The Kier molecular flexibility index (Phi) is 5.60. The number of quaternary nitrogens is 1. The smallest absolute Gasteiger partial charge is 0.228 e. The number of nitrogens with zero attached hydrogens (tertiary/aromatic N) is 1. The highest BCUT2D eigenvalue weighted by atomic mass is 79.9. The lowest BCUT2D eigenvalue weighted by Crippen LogP contribution is -2.99. The Balaban J connectivity index is 2.03. The number of pyridine rings is 1. The predicted octanol–water partition coefficient (Wildman–Crippen LogP) is 3.15. The maximum Gasteiger partial charge on any atom is 0.228 e. The summed E-state index contributed by atoms with van der Waals surface area (Å²) in [6.45, 7) is 6.24. The summed E-state index contributed by atoms with van der Waals surface area (Å²) in [5, 5.41) is 19.2. The first-order valence-electron chi connectivity index (χ1n) is 7.45. The summed E-state index contributed by atoms with van der Waals surface area (Å²) < 4.78 is 6.59. The van der Waals surface area contributed by atoms with Crippen LogP contribution in [-0.2, 0) is 0 Å². The third-order valence-corrected chi connectivity index (χ3v) is 4.87. The van der Waals surface area contributed by atoms with Crippen molar-refractivity contribution in [3.05, 3.63) is 21.4 Å². The Morgan fingerprint density at radius 1 is 1.38 bits per heavy atom. The molecule has 0 aliphatic heterocycles. The second-order valence-electron chi connectivity index (χ2n) is 6.11. The van der Waals surface area contributed by atoms with Gasteiger partial charge >= 0.3 is 0 Å². The zero-order valence-corrected chi connectivity index (χ0v) is 14.3. The lowest BCUT2D eigenvalue weighted by atomic mass is 9.80. The maximum absolute atomic E-state index is 11.1. The third kappa shape index (κ3) is 4.16. The highest BCUT2D eigenvalue weighted by molar-refractivity contribution is 9.10. The second kappa shape index (κ2) is 7.05. The molecule has 0 aromatic carbocycles. The molecule has 1 atom stereocenters. The molecule has 2 N–H and O–H groups in total. The van der Waals surface area contributed by atoms with Crippen molar-refractivity contribution in [3.63, 3.8) is 0 Å². The van der Waals surface area contributed by atoms with Crippen molar-refractivity contribution in [2.75, 3.05) is 0 Å². The van der Waals surface area contributed by atoms with Crippen molar-refractivity contribution in [2.24, 2.45) is 11.8 Å². The van der Waals surface area contributed by atoms with Gasteiger partial charge in [0.1, 0.15) is 11.8 Å². The van der Waals surface area contributed by atoms with Gasteiger partial charge in [0.15, 0.2) is 5.69 Å². The van der Waals surface area contributed by atoms with E-state index in [1.807, 2.05) is 0 Å². The summed E-state index contributed by atoms with van der Waals surface area (Å²) in [6, 6.07) is 1.57. The Labute approximate surface area is 134 Å². The number of aromatic nitrogens is 1. The molecule has 1 fully saturated rings. The van der Waals surface area contributed by atoms with Gasteiger partial charge in [-0.1, -0.05) is 13.8 Å². The van der Waals surface area contributed by atoms with E-state index in [2.05, 4.69) is 34.8 Å². The maximum atomic E-state index is 11.1. The highest BCUT2D eigenvalue weighted by Crippen LogP contribution is 2.34. The van der Waals surface area contributed by atoms with E-state index < -0.39 is 5.23 Å². The molecule has 1 heterocycles. The van der Waals surface area contributed by atoms with E-state index in [0.29, 0.717) is 16.0 Å². The van der Waals surface area contributed by atoms with Gasteiger partial charge < -0.3 is 9.94 Å². The van der Waals surface area contributed by atoms with Crippen molar-refractivity contribution in [2.45, 2.75) is 52.6 Å². The summed E-state index contributed by atoms with van der Waals surface area (Å²) >= 11 is 3.36. The van der Waals surface area contributed by atoms with Gasteiger partial charge in [-0.05, 0) is 60.4 Å². The van der Waals surface area contributed by atoms with E-state index in [1.54, 1.807) is 13.0 Å². The van der Waals surface area contributed by atoms with Crippen molar-refractivity contribution in [1.82, 2.24) is 4.98 Å². The molecule has 5 nitrogen and oxygen atoms in total. The van der Waals surface area contributed by atoms with Crippen LogP contribution in [0.5, 0.6) is 5.88 Å². The zero-order valence-electron chi connectivity index (χ0n) is 12.7. The lowest BCUT2D eigenvalue weighted by molar-refractivity contribution is -0.991. The summed E-state index contributed by atoms with van der Waals surface area (Å²) in [7, 11) is 0. The number of aryl methyl sites for hydroxylation is 1. The topological polar surface area (TPSA) is 69.9 Å². The fourth-order valence-electron chi connectivity index (χ4n) is 2.89. The number of rotatable bonds is 4. The van der Waals surface area contributed by atoms with Gasteiger partial charge in [-0.2, -0.15) is 5.23 Å². The summed E-state index contributed by atoms with van der Waals surface area (Å²) in [5.74, 6) is 2.02. The van der Waals surface area contributed by atoms with Crippen LogP contribution >= 0.6 is 15.9 Å². The average Bonchev–Trinajstić information content (AvgIpc) is 2.42. The first-order valence-corrected chi connectivity index (χ1v) is 8.25. The molecule has 0 radical (unpaired) electrons. The van der Waals surface area contributed by atoms with Crippen LogP contribution in [0.1, 0.15) is 45.2 Å². The molecular weight excluding hydrogens is 336 g/mol. The average molecular weight is 359 g/mol. The van der Waals surface area contributed by atoms with Gasteiger partial charge in [0.05, 0.1) is 4.47 Å². The van der Waals surface area contributed by atoms with Crippen molar-refractivity contribution in [1.29, 1.82) is 0 Å². The third-order valence-electron chi connectivity index (χ3n) is 4.30. The molecule has 1 aromatic heterocycles. The van der Waals surface area contributed by atoms with Crippen LogP contribution in [0.4, 0.5) is 5.69 Å². The molecule has 1 aliphatic rings. The van der Waals surface area contributed by atoms with Crippen molar-refractivity contribution >= 4 is 21.6 Å². The Hall–Kier alpha value is -0.690. The molecular formula is C15H23BrN2O3. The normalized spacial score (nSPS) is 24.1.